The van der Waals surface area contributed by atoms with Crippen LogP contribution in [0, 0.1) is 0 Å². The second-order valence-electron chi connectivity index (χ2n) is 20.7. The minimum Gasteiger partial charge on any atom is -0.466 e. The number of hydrogen-bond acceptors (Lipinski definition) is 5. The number of hydrogen-bond donors (Lipinski definition) is 3. The van der Waals surface area contributed by atoms with Gasteiger partial charge in [-0.25, -0.2) is 0 Å². The van der Waals surface area contributed by atoms with Crippen molar-refractivity contribution in [2.45, 2.75) is 334 Å². The van der Waals surface area contributed by atoms with Gasteiger partial charge in [-0.1, -0.05) is 262 Å². The molecule has 2 unspecified atom stereocenters. The van der Waals surface area contributed by atoms with Gasteiger partial charge < -0.3 is 20.3 Å². The normalized spacial score (nSPS) is 12.8. The van der Waals surface area contributed by atoms with Gasteiger partial charge in [-0.2, -0.15) is 0 Å². The number of carbonyl (C=O) groups is 2. The van der Waals surface area contributed by atoms with Crippen molar-refractivity contribution in [1.82, 2.24) is 5.32 Å². The van der Waals surface area contributed by atoms with E-state index in [9.17, 15) is 19.8 Å². The molecule has 0 aromatic heterocycles. The Kier molecular flexibility index (Phi) is 56.0. The molecule has 0 heterocycles. The molecule has 0 aromatic carbocycles. The maximum Gasteiger partial charge on any atom is 0.305 e. The van der Waals surface area contributed by atoms with Gasteiger partial charge in [-0.3, -0.25) is 9.59 Å². The summed E-state index contributed by atoms with van der Waals surface area (Å²) < 4.78 is 5.44. The molecule has 0 aromatic rings. The number of nitrogens with one attached hydrogen (secondary N) is 1. The van der Waals surface area contributed by atoms with E-state index in [1.807, 2.05) is 0 Å². The van der Waals surface area contributed by atoms with Crippen LogP contribution in [-0.2, 0) is 14.3 Å². The summed E-state index contributed by atoms with van der Waals surface area (Å²) in [4.78, 5) is 24.5. The van der Waals surface area contributed by atoms with E-state index in [1.54, 1.807) is 0 Å². The summed E-state index contributed by atoms with van der Waals surface area (Å²) in [5.41, 5.74) is 0. The topological polar surface area (TPSA) is 95.9 Å². The predicted molar refractivity (Wildman–Crippen MR) is 296 cm³/mol. The summed E-state index contributed by atoms with van der Waals surface area (Å²) >= 11 is 0. The van der Waals surface area contributed by atoms with E-state index in [2.05, 4.69) is 55.6 Å². The maximum absolute atomic E-state index is 12.5. The Labute approximate surface area is 424 Å². The first kappa shape index (κ1) is 66.1. The van der Waals surface area contributed by atoms with Gasteiger partial charge in [-0.05, 0) is 83.5 Å². The molecule has 0 bridgehead atoms. The lowest BCUT2D eigenvalue weighted by Gasteiger charge is -2.22. The highest BCUT2D eigenvalue weighted by atomic mass is 16.5. The molecule has 6 heteroatoms. The smallest absolute Gasteiger partial charge is 0.305 e. The molecule has 0 radical (unpaired) electrons. The summed E-state index contributed by atoms with van der Waals surface area (Å²) in [6.45, 7) is 4.89. The van der Waals surface area contributed by atoms with Crippen LogP contribution in [0.3, 0.4) is 0 Å². The molecule has 0 spiro atoms. The molecule has 0 saturated heterocycles. The molecule has 0 aliphatic carbocycles. The number of aliphatic hydroxyl groups excluding tert-OH is 2. The highest BCUT2D eigenvalue weighted by molar-refractivity contribution is 5.76. The lowest BCUT2D eigenvalue weighted by Crippen LogP contribution is -2.45. The van der Waals surface area contributed by atoms with Crippen molar-refractivity contribution in [2.75, 3.05) is 13.2 Å². The van der Waals surface area contributed by atoms with Crippen LogP contribution in [0.25, 0.3) is 0 Å². The van der Waals surface area contributed by atoms with E-state index in [0.717, 1.165) is 77.0 Å². The molecule has 1 amide bonds. The molecule has 0 fully saturated rings. The number of carbonyl (C=O) groups excluding carboxylic acids is 2. The zero-order chi connectivity index (χ0) is 49.3. The number of rotatable bonds is 56. The molecular formula is C62H117NO5. The third-order valence-corrected chi connectivity index (χ3v) is 13.9. The van der Waals surface area contributed by atoms with Crippen molar-refractivity contribution in [1.29, 1.82) is 0 Å². The van der Waals surface area contributed by atoms with Crippen LogP contribution in [0.4, 0.5) is 0 Å². The Morgan fingerprint density at radius 3 is 1.15 bits per heavy atom. The van der Waals surface area contributed by atoms with Crippen LogP contribution >= 0.6 is 0 Å². The average Bonchev–Trinajstić information content (AvgIpc) is 3.34. The predicted octanol–water partition coefficient (Wildman–Crippen LogP) is 18.8. The summed E-state index contributed by atoms with van der Waals surface area (Å²) in [7, 11) is 0. The maximum atomic E-state index is 12.5. The first-order valence-corrected chi connectivity index (χ1v) is 30.3. The van der Waals surface area contributed by atoms with E-state index in [4.69, 9.17) is 4.74 Å². The monoisotopic (exact) mass is 956 g/mol. The summed E-state index contributed by atoms with van der Waals surface area (Å²) in [5.74, 6) is -0.0857. The average molecular weight is 957 g/mol. The van der Waals surface area contributed by atoms with Gasteiger partial charge in [-0.15, -0.1) is 0 Å². The second-order valence-corrected chi connectivity index (χ2v) is 20.7. The summed E-state index contributed by atoms with van der Waals surface area (Å²) in [5, 5.41) is 23.3. The number of ether oxygens (including phenoxy) is 1. The minimum absolute atomic E-state index is 0.0305. The third kappa shape index (κ3) is 53.4. The van der Waals surface area contributed by atoms with Crippen LogP contribution < -0.4 is 5.32 Å². The van der Waals surface area contributed by atoms with Crippen molar-refractivity contribution >= 4 is 11.9 Å². The van der Waals surface area contributed by atoms with Gasteiger partial charge in [0.15, 0.2) is 0 Å². The highest BCUT2D eigenvalue weighted by Crippen LogP contribution is 2.17. The lowest BCUT2D eigenvalue weighted by molar-refractivity contribution is -0.143. The van der Waals surface area contributed by atoms with Gasteiger partial charge in [0.25, 0.3) is 0 Å². The van der Waals surface area contributed by atoms with Gasteiger partial charge in [0.2, 0.25) is 5.91 Å². The van der Waals surface area contributed by atoms with Gasteiger partial charge in [0.1, 0.15) is 0 Å². The van der Waals surface area contributed by atoms with Gasteiger partial charge in [0, 0.05) is 12.8 Å². The quantitative estimate of drug-likeness (QED) is 0.0244. The van der Waals surface area contributed by atoms with Crippen molar-refractivity contribution in [3.8, 4) is 0 Å². The van der Waals surface area contributed by atoms with E-state index >= 15 is 0 Å². The first-order valence-electron chi connectivity index (χ1n) is 30.3. The Morgan fingerprint density at radius 1 is 0.412 bits per heavy atom. The van der Waals surface area contributed by atoms with E-state index in [-0.39, 0.29) is 18.5 Å². The van der Waals surface area contributed by atoms with Gasteiger partial charge in [0.05, 0.1) is 25.4 Å². The second kappa shape index (κ2) is 57.7. The van der Waals surface area contributed by atoms with Crippen LogP contribution in [0.2, 0.25) is 0 Å². The fourth-order valence-corrected chi connectivity index (χ4v) is 9.27. The zero-order valence-electron chi connectivity index (χ0n) is 45.6. The van der Waals surface area contributed by atoms with Crippen molar-refractivity contribution in [2.24, 2.45) is 0 Å². The Bertz CT molecular complexity index is 1100. The number of aliphatic hydroxyl groups is 2. The van der Waals surface area contributed by atoms with Crippen LogP contribution in [-0.4, -0.2) is 47.4 Å². The largest absolute Gasteiger partial charge is 0.466 e. The van der Waals surface area contributed by atoms with E-state index < -0.39 is 12.1 Å². The summed E-state index contributed by atoms with van der Waals surface area (Å²) in [6, 6.07) is -0.560. The molecule has 3 N–H and O–H groups in total. The fraction of sp³-hybridized carbons (Fsp3) is 0.871. The minimum atomic E-state index is -0.680. The standard InChI is InChI=1S/C62H117NO5/c1-3-5-7-9-11-13-15-17-18-19-20-21-22-23-24-25-27-31-34-38-42-46-50-54-60(65)59(58-64)63-61(66)55-51-47-43-39-35-32-28-26-29-33-37-41-45-49-53-57-68-62(67)56-52-48-44-40-36-30-16-14-12-10-8-6-4-2/h14,16,26,29,33,37,59-60,64-65H,3-13,15,17-25,27-28,30-32,34-36,38-58H2,1-2H3,(H,63,66)/b16-14-,29-26-,37-33-. The van der Waals surface area contributed by atoms with E-state index in [0.29, 0.717) is 25.9 Å². The molecule has 0 aliphatic rings. The summed E-state index contributed by atoms with van der Waals surface area (Å²) in [6.07, 6.45) is 71.4. The number of allylic oxidation sites excluding steroid dienone is 6. The Morgan fingerprint density at radius 2 is 0.735 bits per heavy atom. The van der Waals surface area contributed by atoms with E-state index in [1.165, 1.54) is 212 Å². The molecular weight excluding hydrogens is 839 g/mol. The molecule has 6 nitrogen and oxygen atoms in total. The van der Waals surface area contributed by atoms with Crippen LogP contribution in [0.5, 0.6) is 0 Å². The molecule has 0 aliphatic heterocycles. The molecule has 0 saturated carbocycles. The number of amides is 1. The molecule has 2 atom stereocenters. The van der Waals surface area contributed by atoms with Crippen molar-refractivity contribution in [3.05, 3.63) is 36.5 Å². The Balaban J connectivity index is 3.51. The zero-order valence-corrected chi connectivity index (χ0v) is 45.6. The third-order valence-electron chi connectivity index (χ3n) is 13.9. The molecule has 0 rings (SSSR count). The van der Waals surface area contributed by atoms with Crippen molar-refractivity contribution in [3.63, 3.8) is 0 Å². The number of unbranched alkanes of at least 4 members (excludes halogenated alkanes) is 40. The van der Waals surface area contributed by atoms with Crippen LogP contribution in [0.1, 0.15) is 322 Å². The molecule has 400 valence electrons. The van der Waals surface area contributed by atoms with Gasteiger partial charge >= 0.3 is 5.97 Å². The fourth-order valence-electron chi connectivity index (χ4n) is 9.27. The Hall–Kier alpha value is -1.92. The number of esters is 1. The van der Waals surface area contributed by atoms with Crippen molar-refractivity contribution < 1.29 is 24.5 Å². The van der Waals surface area contributed by atoms with Crippen LogP contribution in [0.15, 0.2) is 36.5 Å². The SMILES string of the molecule is CCCCCC/C=C\CCCCCCCC(=O)OCCCCC/C=C\C=C/CCCCCCCCC(=O)NC(CO)C(O)CCCCCCCCCCCCCCCCCCCCCCCCC. The highest BCUT2D eigenvalue weighted by Gasteiger charge is 2.20. The lowest BCUT2D eigenvalue weighted by atomic mass is 10.0. The first-order chi connectivity index (χ1) is 33.5. The molecule has 68 heavy (non-hydrogen) atoms.